The minimum absolute atomic E-state index is 0.0761. The van der Waals surface area contributed by atoms with Gasteiger partial charge in [0.05, 0.1) is 25.5 Å². The zero-order chi connectivity index (χ0) is 18.4. The quantitative estimate of drug-likeness (QED) is 0.813. The fourth-order valence-electron chi connectivity index (χ4n) is 2.08. The summed E-state index contributed by atoms with van der Waals surface area (Å²) in [5, 5.41) is 2.43. The molecule has 0 atom stereocenters. The molecule has 0 aliphatic heterocycles. The van der Waals surface area contributed by atoms with Crippen LogP contribution in [0.4, 0.5) is 10.1 Å². The van der Waals surface area contributed by atoms with Gasteiger partial charge in [-0.25, -0.2) is 9.18 Å². The molecule has 0 saturated heterocycles. The molecule has 0 unspecified atom stereocenters. The number of ether oxygens (including phenoxy) is 3. The Morgan fingerprint density at radius 1 is 1.08 bits per heavy atom. The van der Waals surface area contributed by atoms with Crippen LogP contribution in [0.25, 0.3) is 0 Å². The van der Waals surface area contributed by atoms with Gasteiger partial charge in [0, 0.05) is 0 Å². The Morgan fingerprint density at radius 3 is 2.48 bits per heavy atom. The lowest BCUT2D eigenvalue weighted by molar-refractivity contribution is -0.118. The topological polar surface area (TPSA) is 73.9 Å². The number of amides is 1. The molecule has 25 heavy (non-hydrogen) atoms. The average molecular weight is 347 g/mol. The van der Waals surface area contributed by atoms with E-state index in [1.807, 2.05) is 0 Å². The Labute approximate surface area is 144 Å². The summed E-state index contributed by atoms with van der Waals surface area (Å²) in [6.07, 6.45) is 0. The smallest absolute Gasteiger partial charge is 0.337 e. The Kier molecular flexibility index (Phi) is 5.94. The first-order chi connectivity index (χ1) is 11.9. The van der Waals surface area contributed by atoms with Crippen molar-refractivity contribution in [3.63, 3.8) is 0 Å². The van der Waals surface area contributed by atoms with Crippen molar-refractivity contribution in [1.29, 1.82) is 0 Å². The molecule has 0 saturated carbocycles. The number of anilines is 1. The van der Waals surface area contributed by atoms with Crippen LogP contribution < -0.4 is 14.8 Å². The summed E-state index contributed by atoms with van der Waals surface area (Å²) < 4.78 is 28.9. The molecule has 2 rings (SSSR count). The molecular formula is C18H18FNO5. The third-order valence-corrected chi connectivity index (χ3v) is 3.34. The van der Waals surface area contributed by atoms with E-state index < -0.39 is 17.7 Å². The first-order valence-corrected chi connectivity index (χ1v) is 7.39. The highest BCUT2D eigenvalue weighted by atomic mass is 19.1. The fourth-order valence-corrected chi connectivity index (χ4v) is 2.08. The number of aryl methyl sites for hydroxylation is 1. The minimum atomic E-state index is -0.526. The summed E-state index contributed by atoms with van der Waals surface area (Å²) >= 11 is 0. The number of halogens is 1. The number of esters is 1. The molecule has 132 valence electrons. The lowest BCUT2D eigenvalue weighted by atomic mass is 10.2. The highest BCUT2D eigenvalue weighted by Crippen LogP contribution is 2.28. The number of carbonyl (C=O) groups excluding carboxylic acids is 2. The summed E-state index contributed by atoms with van der Waals surface area (Å²) in [6, 6.07) is 8.91. The van der Waals surface area contributed by atoms with Gasteiger partial charge < -0.3 is 19.5 Å². The first-order valence-electron chi connectivity index (χ1n) is 7.39. The number of nitrogens with one attached hydrogen (secondary N) is 1. The molecule has 0 spiro atoms. The summed E-state index contributed by atoms with van der Waals surface area (Å²) in [5.74, 6) is -1.01. The van der Waals surface area contributed by atoms with Crippen LogP contribution in [0.15, 0.2) is 36.4 Å². The molecule has 6 nitrogen and oxygen atoms in total. The largest absolute Gasteiger partial charge is 0.493 e. The summed E-state index contributed by atoms with van der Waals surface area (Å²) in [7, 11) is 2.68. The zero-order valence-corrected chi connectivity index (χ0v) is 14.1. The van der Waals surface area contributed by atoms with Crippen LogP contribution in [-0.4, -0.2) is 32.7 Å². The van der Waals surface area contributed by atoms with Gasteiger partial charge in [0.2, 0.25) is 0 Å². The summed E-state index contributed by atoms with van der Waals surface area (Å²) in [6.45, 7) is 1.41. The summed E-state index contributed by atoms with van der Waals surface area (Å²) in [5.41, 5.74) is 1.12. The SMILES string of the molecule is COC(=O)c1ccc(OCC(=O)Nc2ccc(C)cc2F)c(OC)c1. The number of methoxy groups -OCH3 is 2. The van der Waals surface area contributed by atoms with Crippen molar-refractivity contribution in [2.45, 2.75) is 6.92 Å². The number of hydrogen-bond acceptors (Lipinski definition) is 5. The molecule has 7 heteroatoms. The molecule has 0 aromatic heterocycles. The van der Waals surface area contributed by atoms with Crippen LogP contribution in [0.5, 0.6) is 11.5 Å². The van der Waals surface area contributed by atoms with E-state index in [4.69, 9.17) is 9.47 Å². The Hall–Kier alpha value is -3.09. The van der Waals surface area contributed by atoms with Crippen molar-refractivity contribution in [2.75, 3.05) is 26.1 Å². The van der Waals surface area contributed by atoms with Crippen molar-refractivity contribution in [3.05, 3.63) is 53.3 Å². The van der Waals surface area contributed by atoms with Crippen molar-refractivity contribution < 1.29 is 28.2 Å². The van der Waals surface area contributed by atoms with Crippen LogP contribution in [0.3, 0.4) is 0 Å². The fraction of sp³-hybridized carbons (Fsp3) is 0.222. The van der Waals surface area contributed by atoms with Crippen LogP contribution >= 0.6 is 0 Å². The predicted octanol–water partition coefficient (Wildman–Crippen LogP) is 2.95. The van der Waals surface area contributed by atoms with E-state index in [-0.39, 0.29) is 29.4 Å². The number of carbonyl (C=O) groups is 2. The maximum absolute atomic E-state index is 13.7. The van der Waals surface area contributed by atoms with E-state index in [1.165, 1.54) is 44.6 Å². The molecular weight excluding hydrogens is 329 g/mol. The van der Waals surface area contributed by atoms with Crippen molar-refractivity contribution >= 4 is 17.6 Å². The van der Waals surface area contributed by atoms with Crippen LogP contribution in [-0.2, 0) is 9.53 Å². The second-order valence-corrected chi connectivity index (χ2v) is 5.18. The lowest BCUT2D eigenvalue weighted by Gasteiger charge is -2.12. The maximum Gasteiger partial charge on any atom is 0.337 e. The monoisotopic (exact) mass is 347 g/mol. The lowest BCUT2D eigenvalue weighted by Crippen LogP contribution is -2.21. The van der Waals surface area contributed by atoms with E-state index >= 15 is 0 Å². The highest BCUT2D eigenvalue weighted by Gasteiger charge is 2.13. The minimum Gasteiger partial charge on any atom is -0.493 e. The normalized spacial score (nSPS) is 10.1. The highest BCUT2D eigenvalue weighted by molar-refractivity contribution is 5.92. The van der Waals surface area contributed by atoms with Gasteiger partial charge in [-0.1, -0.05) is 6.07 Å². The van der Waals surface area contributed by atoms with Gasteiger partial charge in [-0.2, -0.15) is 0 Å². The van der Waals surface area contributed by atoms with Gasteiger partial charge in [-0.3, -0.25) is 4.79 Å². The first kappa shape index (κ1) is 18.3. The molecule has 0 radical (unpaired) electrons. The van der Waals surface area contributed by atoms with E-state index in [0.717, 1.165) is 5.56 Å². The van der Waals surface area contributed by atoms with E-state index in [1.54, 1.807) is 13.0 Å². The molecule has 0 aliphatic carbocycles. The van der Waals surface area contributed by atoms with Crippen LogP contribution in [0.2, 0.25) is 0 Å². The van der Waals surface area contributed by atoms with E-state index in [9.17, 15) is 14.0 Å². The Bertz CT molecular complexity index is 791. The van der Waals surface area contributed by atoms with Crippen LogP contribution in [0.1, 0.15) is 15.9 Å². The van der Waals surface area contributed by atoms with Gasteiger partial charge in [0.15, 0.2) is 18.1 Å². The number of rotatable bonds is 6. The number of hydrogen-bond donors (Lipinski definition) is 1. The summed E-state index contributed by atoms with van der Waals surface area (Å²) in [4.78, 5) is 23.4. The van der Waals surface area contributed by atoms with Crippen molar-refractivity contribution in [2.24, 2.45) is 0 Å². The second kappa shape index (κ2) is 8.14. The van der Waals surface area contributed by atoms with Crippen molar-refractivity contribution in [3.8, 4) is 11.5 Å². The molecule has 2 aromatic rings. The third kappa shape index (κ3) is 4.69. The Balaban J connectivity index is 2.02. The van der Waals surface area contributed by atoms with E-state index in [0.29, 0.717) is 0 Å². The third-order valence-electron chi connectivity index (χ3n) is 3.34. The molecule has 1 amide bonds. The Morgan fingerprint density at radius 2 is 1.84 bits per heavy atom. The molecule has 1 N–H and O–H groups in total. The molecule has 0 fully saturated rings. The molecule has 0 bridgehead atoms. The van der Waals surface area contributed by atoms with Gasteiger partial charge in [0.25, 0.3) is 5.91 Å². The maximum atomic E-state index is 13.7. The van der Waals surface area contributed by atoms with Crippen LogP contribution in [0, 0.1) is 12.7 Å². The van der Waals surface area contributed by atoms with Gasteiger partial charge >= 0.3 is 5.97 Å². The second-order valence-electron chi connectivity index (χ2n) is 5.18. The zero-order valence-electron chi connectivity index (χ0n) is 14.1. The van der Waals surface area contributed by atoms with Gasteiger partial charge in [0.1, 0.15) is 5.82 Å². The molecule has 0 aliphatic rings. The molecule has 2 aromatic carbocycles. The van der Waals surface area contributed by atoms with E-state index in [2.05, 4.69) is 10.1 Å². The number of benzene rings is 2. The molecule has 0 heterocycles. The van der Waals surface area contributed by atoms with Crippen molar-refractivity contribution in [1.82, 2.24) is 0 Å². The predicted molar refractivity (Wildman–Crippen MR) is 89.6 cm³/mol. The average Bonchev–Trinajstić information content (AvgIpc) is 2.61. The van der Waals surface area contributed by atoms with Gasteiger partial charge in [-0.05, 0) is 42.8 Å². The standard InChI is InChI=1S/C18H18FNO5/c1-11-4-6-14(13(19)8-11)20-17(21)10-25-15-7-5-12(18(22)24-3)9-16(15)23-2/h4-9H,10H2,1-3H3,(H,20,21). The van der Waals surface area contributed by atoms with Gasteiger partial charge in [-0.15, -0.1) is 0 Å².